The molecule has 2 rings (SSSR count). The zero-order valence-electron chi connectivity index (χ0n) is 11.1. The van der Waals surface area contributed by atoms with Crippen LogP contribution in [0.15, 0.2) is 36.5 Å². The van der Waals surface area contributed by atoms with E-state index in [4.69, 9.17) is 21.6 Å². The van der Waals surface area contributed by atoms with Gasteiger partial charge in [-0.3, -0.25) is 0 Å². The highest BCUT2D eigenvalue weighted by Crippen LogP contribution is 2.23. The molecular weight excluding hydrogens is 274 g/mol. The second kappa shape index (κ2) is 6.90. The van der Waals surface area contributed by atoms with E-state index >= 15 is 0 Å². The Morgan fingerprint density at radius 2 is 2.05 bits per heavy atom. The topological polar surface area (TPSA) is 57.9 Å². The summed E-state index contributed by atoms with van der Waals surface area (Å²) in [6.07, 6.45) is 1.56. The van der Waals surface area contributed by atoms with Crippen molar-refractivity contribution in [3.05, 3.63) is 58.2 Å². The molecule has 0 fully saturated rings. The first-order chi connectivity index (χ1) is 9.76. The van der Waals surface area contributed by atoms with Crippen molar-refractivity contribution in [3.8, 4) is 6.07 Å². The first-order valence-corrected chi connectivity index (χ1v) is 6.48. The molecule has 4 nitrogen and oxygen atoms in total. The lowest BCUT2D eigenvalue weighted by atomic mass is 10.1. The van der Waals surface area contributed by atoms with E-state index in [1.54, 1.807) is 19.4 Å². The molecule has 1 aromatic heterocycles. The predicted octanol–water partition coefficient (Wildman–Crippen LogP) is 3.37. The van der Waals surface area contributed by atoms with Gasteiger partial charge in [-0.1, -0.05) is 35.9 Å². The first kappa shape index (κ1) is 14.3. The van der Waals surface area contributed by atoms with E-state index in [-0.39, 0.29) is 0 Å². The van der Waals surface area contributed by atoms with Crippen LogP contribution in [0.25, 0.3) is 0 Å². The van der Waals surface area contributed by atoms with Gasteiger partial charge >= 0.3 is 0 Å². The molecule has 5 heteroatoms. The third-order valence-corrected chi connectivity index (χ3v) is 3.26. The number of ether oxygens (including phenoxy) is 1. The number of hydrogen-bond donors (Lipinski definition) is 1. The number of halogens is 1. The molecular formula is C15H14ClN3O. The van der Waals surface area contributed by atoms with E-state index < -0.39 is 0 Å². The van der Waals surface area contributed by atoms with Crippen LogP contribution >= 0.6 is 11.6 Å². The molecule has 0 bridgehead atoms. The van der Waals surface area contributed by atoms with Crippen molar-refractivity contribution in [1.29, 1.82) is 5.26 Å². The number of pyridine rings is 1. The fourth-order valence-corrected chi connectivity index (χ4v) is 2.08. The standard InChI is InChI=1S/C15H14ClN3O/c1-20-10-13-5-3-2-4-12(13)9-19-15-14(16)11(8-17)6-7-18-15/h2-7H,9-10H2,1H3,(H,18,19). The highest BCUT2D eigenvalue weighted by molar-refractivity contribution is 6.34. The Morgan fingerprint density at radius 3 is 2.75 bits per heavy atom. The number of hydrogen-bond acceptors (Lipinski definition) is 4. The Kier molecular flexibility index (Phi) is 4.94. The highest BCUT2D eigenvalue weighted by Gasteiger charge is 2.08. The van der Waals surface area contributed by atoms with Gasteiger partial charge in [0.05, 0.1) is 12.2 Å². The molecule has 1 N–H and O–H groups in total. The molecule has 1 heterocycles. The molecule has 0 spiro atoms. The molecule has 0 aliphatic rings. The molecule has 0 aliphatic heterocycles. The Morgan fingerprint density at radius 1 is 1.30 bits per heavy atom. The maximum atomic E-state index is 8.94. The van der Waals surface area contributed by atoms with Gasteiger partial charge in [-0.05, 0) is 17.2 Å². The van der Waals surface area contributed by atoms with E-state index in [0.29, 0.717) is 29.6 Å². The summed E-state index contributed by atoms with van der Waals surface area (Å²) in [6.45, 7) is 1.12. The van der Waals surface area contributed by atoms with Crippen LogP contribution in [0.5, 0.6) is 0 Å². The summed E-state index contributed by atoms with van der Waals surface area (Å²) >= 11 is 6.10. The van der Waals surface area contributed by atoms with E-state index in [0.717, 1.165) is 11.1 Å². The summed E-state index contributed by atoms with van der Waals surface area (Å²) in [4.78, 5) is 4.15. The first-order valence-electron chi connectivity index (χ1n) is 6.10. The van der Waals surface area contributed by atoms with E-state index in [1.807, 2.05) is 30.3 Å². The van der Waals surface area contributed by atoms with Gasteiger partial charge in [0.15, 0.2) is 0 Å². The molecule has 0 amide bonds. The van der Waals surface area contributed by atoms with Crippen LogP contribution in [-0.4, -0.2) is 12.1 Å². The number of aromatic nitrogens is 1. The Balaban J connectivity index is 2.15. The smallest absolute Gasteiger partial charge is 0.146 e. The zero-order valence-corrected chi connectivity index (χ0v) is 11.8. The number of anilines is 1. The number of nitrogens with zero attached hydrogens (tertiary/aromatic N) is 2. The van der Waals surface area contributed by atoms with Crippen LogP contribution in [0.2, 0.25) is 5.02 Å². The zero-order chi connectivity index (χ0) is 14.4. The molecule has 20 heavy (non-hydrogen) atoms. The quantitative estimate of drug-likeness (QED) is 0.916. The van der Waals surface area contributed by atoms with Crippen LogP contribution in [0, 0.1) is 11.3 Å². The van der Waals surface area contributed by atoms with Gasteiger partial charge in [0, 0.05) is 19.9 Å². The van der Waals surface area contributed by atoms with Crippen molar-refractivity contribution in [2.45, 2.75) is 13.2 Å². The molecule has 0 unspecified atom stereocenters. The normalized spacial score (nSPS) is 10.1. The molecule has 1 aromatic carbocycles. The van der Waals surface area contributed by atoms with Gasteiger partial charge in [0.25, 0.3) is 0 Å². The molecule has 0 aliphatic carbocycles. The molecule has 0 saturated carbocycles. The van der Waals surface area contributed by atoms with Crippen LogP contribution in [-0.2, 0) is 17.9 Å². The summed E-state index contributed by atoms with van der Waals surface area (Å²) in [5, 5.41) is 12.4. The number of nitrogens with one attached hydrogen (secondary N) is 1. The minimum Gasteiger partial charge on any atom is -0.380 e. The van der Waals surface area contributed by atoms with Gasteiger partial charge in [-0.2, -0.15) is 5.26 Å². The van der Waals surface area contributed by atoms with Crippen molar-refractivity contribution >= 4 is 17.4 Å². The second-order valence-electron chi connectivity index (χ2n) is 4.19. The molecule has 0 atom stereocenters. The van der Waals surface area contributed by atoms with Gasteiger partial charge < -0.3 is 10.1 Å². The fourth-order valence-electron chi connectivity index (χ4n) is 1.86. The lowest BCUT2D eigenvalue weighted by Crippen LogP contribution is -2.05. The molecule has 0 radical (unpaired) electrons. The third-order valence-electron chi connectivity index (χ3n) is 2.87. The van der Waals surface area contributed by atoms with E-state index in [9.17, 15) is 0 Å². The summed E-state index contributed by atoms with van der Waals surface area (Å²) in [6, 6.07) is 11.6. The third kappa shape index (κ3) is 3.27. The lowest BCUT2D eigenvalue weighted by Gasteiger charge is -2.11. The van der Waals surface area contributed by atoms with E-state index in [1.165, 1.54) is 0 Å². The maximum absolute atomic E-state index is 8.94. The fraction of sp³-hybridized carbons (Fsp3) is 0.200. The average Bonchev–Trinajstić information content (AvgIpc) is 2.48. The van der Waals surface area contributed by atoms with Crippen molar-refractivity contribution in [2.24, 2.45) is 0 Å². The van der Waals surface area contributed by atoms with Gasteiger partial charge in [-0.15, -0.1) is 0 Å². The largest absolute Gasteiger partial charge is 0.380 e. The number of nitriles is 1. The number of benzene rings is 1. The Labute approximate surface area is 123 Å². The van der Waals surface area contributed by atoms with Crippen molar-refractivity contribution < 1.29 is 4.74 Å². The minimum absolute atomic E-state index is 0.347. The molecule has 0 saturated heterocycles. The SMILES string of the molecule is COCc1ccccc1CNc1nccc(C#N)c1Cl. The lowest BCUT2D eigenvalue weighted by molar-refractivity contribution is 0.184. The van der Waals surface area contributed by atoms with E-state index in [2.05, 4.69) is 10.3 Å². The van der Waals surface area contributed by atoms with Crippen LogP contribution in [0.3, 0.4) is 0 Å². The molecule has 102 valence electrons. The van der Waals surface area contributed by atoms with Gasteiger partial charge in [-0.25, -0.2) is 4.98 Å². The van der Waals surface area contributed by atoms with Gasteiger partial charge in [0.2, 0.25) is 0 Å². The van der Waals surface area contributed by atoms with Crippen LogP contribution < -0.4 is 5.32 Å². The highest BCUT2D eigenvalue weighted by atomic mass is 35.5. The van der Waals surface area contributed by atoms with Gasteiger partial charge in [0.1, 0.15) is 16.9 Å². The maximum Gasteiger partial charge on any atom is 0.146 e. The Bertz CT molecular complexity index is 637. The Hall–Kier alpha value is -2.09. The summed E-state index contributed by atoms with van der Waals surface area (Å²) < 4.78 is 5.17. The van der Waals surface area contributed by atoms with Crippen molar-refractivity contribution in [3.63, 3.8) is 0 Å². The summed E-state index contributed by atoms with van der Waals surface area (Å²) in [5.41, 5.74) is 2.62. The molecule has 2 aromatic rings. The summed E-state index contributed by atoms with van der Waals surface area (Å²) in [5.74, 6) is 0.512. The average molecular weight is 288 g/mol. The van der Waals surface area contributed by atoms with Crippen LogP contribution in [0.4, 0.5) is 5.82 Å². The second-order valence-corrected chi connectivity index (χ2v) is 4.57. The van der Waals surface area contributed by atoms with Crippen LogP contribution in [0.1, 0.15) is 16.7 Å². The minimum atomic E-state index is 0.347. The van der Waals surface area contributed by atoms with Crippen molar-refractivity contribution in [1.82, 2.24) is 4.98 Å². The van der Waals surface area contributed by atoms with Crippen molar-refractivity contribution in [2.75, 3.05) is 12.4 Å². The number of methoxy groups -OCH3 is 1. The summed E-state index contributed by atoms with van der Waals surface area (Å²) in [7, 11) is 1.67. The number of rotatable bonds is 5. The monoisotopic (exact) mass is 287 g/mol. The predicted molar refractivity (Wildman–Crippen MR) is 78.4 cm³/mol.